The van der Waals surface area contributed by atoms with Gasteiger partial charge in [0.1, 0.15) is 5.01 Å². The van der Waals surface area contributed by atoms with Gasteiger partial charge in [0.05, 0.1) is 0 Å². The van der Waals surface area contributed by atoms with E-state index in [1.54, 1.807) is 29.2 Å². The third kappa shape index (κ3) is 4.89. The predicted molar refractivity (Wildman–Crippen MR) is 112 cm³/mol. The lowest BCUT2D eigenvalue weighted by molar-refractivity contribution is -0.121. The van der Waals surface area contributed by atoms with Gasteiger partial charge in [-0.05, 0) is 49.9 Å². The molecule has 1 aromatic carbocycles. The Morgan fingerprint density at radius 1 is 1.18 bits per heavy atom. The Morgan fingerprint density at radius 3 is 2.43 bits per heavy atom. The molecule has 1 aromatic heterocycles. The van der Waals surface area contributed by atoms with Crippen LogP contribution in [0.5, 0.6) is 0 Å². The largest absolute Gasteiger partial charge is 0.339 e. The first kappa shape index (κ1) is 20.7. The number of aromatic nitrogens is 2. The van der Waals surface area contributed by atoms with Crippen molar-refractivity contribution in [3.63, 3.8) is 0 Å². The summed E-state index contributed by atoms with van der Waals surface area (Å²) in [5, 5.41) is 13.4. The van der Waals surface area contributed by atoms with E-state index in [-0.39, 0.29) is 17.7 Å². The second-order valence-electron chi connectivity index (χ2n) is 7.02. The van der Waals surface area contributed by atoms with Crippen LogP contribution in [0.25, 0.3) is 0 Å². The molecule has 150 valence electrons. The van der Waals surface area contributed by atoms with Crippen LogP contribution in [0.3, 0.4) is 0 Å². The number of rotatable bonds is 6. The lowest BCUT2D eigenvalue weighted by Gasteiger charge is -2.31. The second kappa shape index (κ2) is 9.47. The number of benzene rings is 1. The van der Waals surface area contributed by atoms with Crippen LogP contribution in [-0.4, -0.2) is 40.0 Å². The van der Waals surface area contributed by atoms with Crippen LogP contribution in [-0.2, 0) is 4.79 Å². The van der Waals surface area contributed by atoms with Gasteiger partial charge in [-0.3, -0.25) is 9.59 Å². The fourth-order valence-corrected chi connectivity index (χ4v) is 4.55. The normalized spacial score (nSPS) is 15.1. The van der Waals surface area contributed by atoms with Crippen LogP contribution in [0.2, 0.25) is 5.02 Å². The number of hydrogen-bond donors (Lipinski definition) is 1. The first-order valence-corrected chi connectivity index (χ1v) is 10.9. The van der Waals surface area contributed by atoms with Crippen LogP contribution < -0.4 is 5.32 Å². The van der Waals surface area contributed by atoms with Crippen molar-refractivity contribution >= 4 is 39.9 Å². The molecule has 0 unspecified atom stereocenters. The van der Waals surface area contributed by atoms with Crippen molar-refractivity contribution in [2.75, 3.05) is 18.4 Å². The second-order valence-corrected chi connectivity index (χ2v) is 8.47. The Kier molecular flexibility index (Phi) is 7.02. The van der Waals surface area contributed by atoms with Gasteiger partial charge in [0.25, 0.3) is 5.91 Å². The van der Waals surface area contributed by atoms with E-state index in [1.165, 1.54) is 11.3 Å². The molecule has 0 spiro atoms. The molecule has 0 aliphatic carbocycles. The number of piperidine rings is 1. The highest BCUT2D eigenvalue weighted by Crippen LogP contribution is 2.29. The van der Waals surface area contributed by atoms with Gasteiger partial charge in [0, 0.05) is 35.5 Å². The van der Waals surface area contributed by atoms with Gasteiger partial charge in [-0.25, -0.2) is 0 Å². The molecule has 2 amide bonds. The minimum atomic E-state index is -0.116. The maximum absolute atomic E-state index is 12.6. The van der Waals surface area contributed by atoms with Gasteiger partial charge in [0.15, 0.2) is 0 Å². The molecular formula is C20H25ClN4O2S. The first-order chi connectivity index (χ1) is 13.5. The minimum absolute atomic E-state index is 0.0190. The van der Waals surface area contributed by atoms with E-state index < -0.39 is 0 Å². The maximum atomic E-state index is 12.6. The Bertz CT molecular complexity index is 812. The zero-order chi connectivity index (χ0) is 20.1. The molecule has 1 N–H and O–H groups in total. The Morgan fingerprint density at radius 2 is 1.82 bits per heavy atom. The standard InChI is InChI=1S/C20H25ClN4O2S/c1-3-13(4-2)18-23-24-20(28-18)22-17(26)14-9-11-25(12-10-14)19(27)15-5-7-16(21)8-6-15/h5-8,13-14H,3-4,9-12H2,1-2H3,(H,22,24,26). The van der Waals surface area contributed by atoms with E-state index in [0.717, 1.165) is 17.8 Å². The molecule has 6 nitrogen and oxygen atoms in total. The number of carbonyl (C=O) groups is 2. The topological polar surface area (TPSA) is 75.2 Å². The van der Waals surface area contributed by atoms with Crippen molar-refractivity contribution in [2.45, 2.75) is 45.4 Å². The lowest BCUT2D eigenvalue weighted by atomic mass is 9.95. The van der Waals surface area contributed by atoms with E-state index in [2.05, 4.69) is 29.4 Å². The molecule has 3 rings (SSSR count). The monoisotopic (exact) mass is 420 g/mol. The Hall–Kier alpha value is -1.99. The molecule has 28 heavy (non-hydrogen) atoms. The summed E-state index contributed by atoms with van der Waals surface area (Å²) < 4.78 is 0. The third-order valence-electron chi connectivity index (χ3n) is 5.25. The highest BCUT2D eigenvalue weighted by molar-refractivity contribution is 7.15. The number of halogens is 1. The van der Waals surface area contributed by atoms with Crippen LogP contribution in [0.4, 0.5) is 5.13 Å². The van der Waals surface area contributed by atoms with Crippen LogP contribution in [0, 0.1) is 5.92 Å². The van der Waals surface area contributed by atoms with E-state index >= 15 is 0 Å². The van der Waals surface area contributed by atoms with Crippen LogP contribution in [0.15, 0.2) is 24.3 Å². The van der Waals surface area contributed by atoms with Gasteiger partial charge in [-0.15, -0.1) is 10.2 Å². The molecule has 8 heteroatoms. The number of amides is 2. The van der Waals surface area contributed by atoms with Gasteiger partial charge in [-0.1, -0.05) is 36.8 Å². The molecule has 0 bridgehead atoms. The highest BCUT2D eigenvalue weighted by Gasteiger charge is 2.28. The summed E-state index contributed by atoms with van der Waals surface area (Å²) in [6.07, 6.45) is 3.31. The molecule has 1 aliphatic rings. The minimum Gasteiger partial charge on any atom is -0.339 e. The molecule has 1 saturated heterocycles. The molecule has 0 atom stereocenters. The number of likely N-dealkylation sites (tertiary alicyclic amines) is 1. The molecule has 1 aliphatic heterocycles. The summed E-state index contributed by atoms with van der Waals surface area (Å²) in [6, 6.07) is 6.90. The zero-order valence-electron chi connectivity index (χ0n) is 16.2. The van der Waals surface area contributed by atoms with Crippen molar-refractivity contribution in [2.24, 2.45) is 5.92 Å². The summed E-state index contributed by atoms with van der Waals surface area (Å²) in [5.41, 5.74) is 0.620. The van der Waals surface area contributed by atoms with Gasteiger partial charge < -0.3 is 10.2 Å². The first-order valence-electron chi connectivity index (χ1n) is 9.70. The summed E-state index contributed by atoms with van der Waals surface area (Å²) >= 11 is 7.34. The molecular weight excluding hydrogens is 396 g/mol. The smallest absolute Gasteiger partial charge is 0.253 e. The quantitative estimate of drug-likeness (QED) is 0.741. The van der Waals surface area contributed by atoms with Crippen molar-refractivity contribution in [1.82, 2.24) is 15.1 Å². The maximum Gasteiger partial charge on any atom is 0.253 e. The van der Waals surface area contributed by atoms with E-state index in [1.807, 2.05) is 0 Å². The van der Waals surface area contributed by atoms with Crippen LogP contribution in [0.1, 0.15) is 60.8 Å². The average Bonchev–Trinajstić information content (AvgIpc) is 3.17. The van der Waals surface area contributed by atoms with Gasteiger partial charge in [0.2, 0.25) is 11.0 Å². The lowest BCUT2D eigenvalue weighted by Crippen LogP contribution is -2.41. The SMILES string of the molecule is CCC(CC)c1nnc(NC(=O)C2CCN(C(=O)c3ccc(Cl)cc3)CC2)s1. The van der Waals surface area contributed by atoms with Crippen LogP contribution >= 0.6 is 22.9 Å². The summed E-state index contributed by atoms with van der Waals surface area (Å²) in [7, 11) is 0. The molecule has 0 radical (unpaired) electrons. The average molecular weight is 421 g/mol. The third-order valence-corrected chi connectivity index (χ3v) is 6.50. The molecule has 1 fully saturated rings. The number of nitrogens with one attached hydrogen (secondary N) is 1. The summed E-state index contributed by atoms with van der Waals surface area (Å²) in [4.78, 5) is 26.9. The zero-order valence-corrected chi connectivity index (χ0v) is 17.7. The van der Waals surface area contributed by atoms with E-state index in [0.29, 0.717) is 47.6 Å². The number of anilines is 1. The van der Waals surface area contributed by atoms with Gasteiger partial charge in [-0.2, -0.15) is 0 Å². The Labute approximate surface area is 174 Å². The van der Waals surface area contributed by atoms with Crippen molar-refractivity contribution < 1.29 is 9.59 Å². The molecule has 2 heterocycles. The number of hydrogen-bond acceptors (Lipinski definition) is 5. The molecule has 2 aromatic rings. The number of carbonyl (C=O) groups excluding carboxylic acids is 2. The van der Waals surface area contributed by atoms with Crippen molar-refractivity contribution in [3.05, 3.63) is 39.9 Å². The fraction of sp³-hybridized carbons (Fsp3) is 0.500. The molecule has 0 saturated carbocycles. The Balaban J connectivity index is 1.52. The highest BCUT2D eigenvalue weighted by atomic mass is 35.5. The van der Waals surface area contributed by atoms with E-state index in [9.17, 15) is 9.59 Å². The van der Waals surface area contributed by atoms with E-state index in [4.69, 9.17) is 11.6 Å². The summed E-state index contributed by atoms with van der Waals surface area (Å²) in [5.74, 6) is 0.223. The fourth-order valence-electron chi connectivity index (χ4n) is 3.42. The summed E-state index contributed by atoms with van der Waals surface area (Å²) in [6.45, 7) is 5.39. The predicted octanol–water partition coefficient (Wildman–Crippen LogP) is 4.59. The van der Waals surface area contributed by atoms with Crippen molar-refractivity contribution in [3.8, 4) is 0 Å². The van der Waals surface area contributed by atoms with Gasteiger partial charge >= 0.3 is 0 Å². The number of nitrogens with zero attached hydrogens (tertiary/aromatic N) is 3. The van der Waals surface area contributed by atoms with Crippen molar-refractivity contribution in [1.29, 1.82) is 0 Å².